The Morgan fingerprint density at radius 3 is 1.95 bits per heavy atom. The van der Waals surface area contributed by atoms with E-state index in [1.165, 1.54) is 32.9 Å². The van der Waals surface area contributed by atoms with Crippen LogP contribution in [0.15, 0.2) is 82.6 Å². The summed E-state index contributed by atoms with van der Waals surface area (Å²) in [5.74, 6) is 0.971. The predicted octanol–water partition coefficient (Wildman–Crippen LogP) is 5.16. The summed E-state index contributed by atoms with van der Waals surface area (Å²) < 4.78 is 61.8. The largest absolute Gasteiger partial charge is 0.497 e. The van der Waals surface area contributed by atoms with Gasteiger partial charge in [0.05, 0.1) is 16.9 Å². The van der Waals surface area contributed by atoms with Crippen molar-refractivity contribution in [3.05, 3.63) is 88.9 Å². The van der Waals surface area contributed by atoms with Gasteiger partial charge < -0.3 is 4.74 Å². The van der Waals surface area contributed by atoms with Crippen LogP contribution >= 0.6 is 11.6 Å². The summed E-state index contributed by atoms with van der Waals surface area (Å²) in [4.78, 5) is 0.126. The first-order valence-electron chi connectivity index (χ1n) is 12.1. The molecule has 198 valence electrons. The van der Waals surface area contributed by atoms with Crippen LogP contribution < -0.4 is 4.74 Å². The lowest BCUT2D eigenvalue weighted by atomic mass is 10.0. The van der Waals surface area contributed by atoms with Crippen LogP contribution in [0.2, 0.25) is 5.02 Å². The minimum Gasteiger partial charge on any atom is -0.497 e. The van der Waals surface area contributed by atoms with Crippen molar-refractivity contribution < 1.29 is 21.6 Å². The molecule has 1 aliphatic heterocycles. The number of benzene rings is 3. The SMILES string of the molecule is COc1ccc(CN(Cc2ccc(Cl)cc2)S(=O)(=O)c2ccc(S(=O)(=O)N3CCC[C@H](C)C3)cc2)cc1. The second kappa shape index (κ2) is 11.5. The molecule has 0 bridgehead atoms. The Labute approximate surface area is 224 Å². The van der Waals surface area contributed by atoms with Gasteiger partial charge in [-0.15, -0.1) is 0 Å². The van der Waals surface area contributed by atoms with Crippen molar-refractivity contribution in [2.45, 2.75) is 42.6 Å². The maximum atomic E-state index is 13.8. The van der Waals surface area contributed by atoms with Crippen molar-refractivity contribution in [3.8, 4) is 5.75 Å². The molecular formula is C27H31ClN2O5S2. The van der Waals surface area contributed by atoms with E-state index in [1.807, 2.05) is 19.1 Å². The highest BCUT2D eigenvalue weighted by atomic mass is 35.5. The summed E-state index contributed by atoms with van der Waals surface area (Å²) in [5, 5.41) is 0.563. The number of hydrogen-bond acceptors (Lipinski definition) is 5. The van der Waals surface area contributed by atoms with Crippen LogP contribution in [0, 0.1) is 5.92 Å². The lowest BCUT2D eigenvalue weighted by Gasteiger charge is -2.30. The van der Waals surface area contributed by atoms with Crippen molar-refractivity contribution in [1.82, 2.24) is 8.61 Å². The van der Waals surface area contributed by atoms with Crippen LogP contribution in [0.4, 0.5) is 0 Å². The smallest absolute Gasteiger partial charge is 0.243 e. The van der Waals surface area contributed by atoms with E-state index < -0.39 is 20.0 Å². The van der Waals surface area contributed by atoms with E-state index in [-0.39, 0.29) is 22.9 Å². The van der Waals surface area contributed by atoms with Crippen LogP contribution in [-0.2, 0) is 33.1 Å². The summed E-state index contributed by atoms with van der Waals surface area (Å²) >= 11 is 6.01. The minimum atomic E-state index is -3.96. The fourth-order valence-corrected chi connectivity index (χ4v) is 7.54. The van der Waals surface area contributed by atoms with Gasteiger partial charge in [0.15, 0.2) is 0 Å². The molecule has 4 rings (SSSR count). The van der Waals surface area contributed by atoms with Gasteiger partial charge in [-0.1, -0.05) is 42.8 Å². The third-order valence-electron chi connectivity index (χ3n) is 6.51. The average molecular weight is 563 g/mol. The topological polar surface area (TPSA) is 84.0 Å². The van der Waals surface area contributed by atoms with Crippen LogP contribution in [0.1, 0.15) is 30.9 Å². The molecule has 0 amide bonds. The molecule has 0 aromatic heterocycles. The number of piperidine rings is 1. The van der Waals surface area contributed by atoms with Gasteiger partial charge in [0, 0.05) is 31.2 Å². The second-order valence-corrected chi connectivity index (χ2v) is 13.6. The molecule has 0 spiro atoms. The Kier molecular flexibility index (Phi) is 8.60. The molecule has 0 saturated carbocycles. The van der Waals surface area contributed by atoms with Crippen LogP contribution in [0.5, 0.6) is 5.75 Å². The quantitative estimate of drug-likeness (QED) is 0.360. The van der Waals surface area contributed by atoms with Crippen molar-refractivity contribution in [1.29, 1.82) is 0 Å². The molecule has 7 nitrogen and oxygen atoms in total. The van der Waals surface area contributed by atoms with Crippen LogP contribution in [0.25, 0.3) is 0 Å². The fourth-order valence-electron chi connectivity index (χ4n) is 4.40. The van der Waals surface area contributed by atoms with E-state index in [4.69, 9.17) is 16.3 Å². The van der Waals surface area contributed by atoms with Gasteiger partial charge in [-0.2, -0.15) is 8.61 Å². The van der Waals surface area contributed by atoms with Gasteiger partial charge in [-0.3, -0.25) is 0 Å². The van der Waals surface area contributed by atoms with E-state index in [1.54, 1.807) is 43.5 Å². The molecule has 0 aliphatic carbocycles. The van der Waals surface area contributed by atoms with E-state index in [0.29, 0.717) is 29.8 Å². The third kappa shape index (κ3) is 6.53. The average Bonchev–Trinajstić information content (AvgIpc) is 2.90. The highest BCUT2D eigenvalue weighted by Gasteiger charge is 2.30. The normalized spacial score (nSPS) is 17.1. The fraction of sp³-hybridized carbons (Fsp3) is 0.333. The molecule has 1 saturated heterocycles. The van der Waals surface area contributed by atoms with E-state index in [2.05, 4.69) is 0 Å². The second-order valence-electron chi connectivity index (χ2n) is 9.33. The predicted molar refractivity (Wildman–Crippen MR) is 144 cm³/mol. The van der Waals surface area contributed by atoms with E-state index >= 15 is 0 Å². The monoisotopic (exact) mass is 562 g/mol. The van der Waals surface area contributed by atoms with Gasteiger partial charge in [-0.05, 0) is 78.4 Å². The van der Waals surface area contributed by atoms with Crippen molar-refractivity contribution >= 4 is 31.6 Å². The summed E-state index contributed by atoms with van der Waals surface area (Å²) in [6.45, 7) is 3.23. The molecular weight excluding hydrogens is 532 g/mol. The number of methoxy groups -OCH3 is 1. The number of sulfonamides is 2. The number of hydrogen-bond donors (Lipinski definition) is 0. The van der Waals surface area contributed by atoms with Crippen LogP contribution in [0.3, 0.4) is 0 Å². The highest BCUT2D eigenvalue weighted by Crippen LogP contribution is 2.27. The zero-order chi connectivity index (χ0) is 26.6. The standard InChI is InChI=1S/C27H31ClN2O5S2/c1-21-4-3-17-29(18-21)36(31,32)26-13-15-27(16-14-26)37(33,34)30(19-22-5-9-24(28)10-6-22)20-23-7-11-25(35-2)12-8-23/h5-16,21H,3-4,17-20H2,1-2H3/t21-/m0/s1. The zero-order valence-electron chi connectivity index (χ0n) is 20.9. The summed E-state index contributed by atoms with van der Waals surface area (Å²) in [6, 6.07) is 19.7. The minimum absolute atomic E-state index is 0.0286. The van der Waals surface area contributed by atoms with E-state index in [9.17, 15) is 16.8 Å². The Morgan fingerprint density at radius 1 is 0.865 bits per heavy atom. The Balaban J connectivity index is 1.62. The first-order chi connectivity index (χ1) is 17.6. The molecule has 3 aromatic rings. The Hall–Kier alpha value is -2.43. The molecule has 3 aromatic carbocycles. The van der Waals surface area contributed by atoms with Gasteiger partial charge in [0.1, 0.15) is 5.75 Å². The van der Waals surface area contributed by atoms with Gasteiger partial charge in [0.2, 0.25) is 20.0 Å². The highest BCUT2D eigenvalue weighted by molar-refractivity contribution is 7.89. The Morgan fingerprint density at radius 2 is 1.41 bits per heavy atom. The zero-order valence-corrected chi connectivity index (χ0v) is 23.3. The van der Waals surface area contributed by atoms with Crippen molar-refractivity contribution in [2.75, 3.05) is 20.2 Å². The summed E-state index contributed by atoms with van der Waals surface area (Å²) in [7, 11) is -6.07. The molecule has 0 radical (unpaired) electrons. The third-order valence-corrected chi connectivity index (χ3v) is 10.4. The molecule has 1 aliphatic rings. The van der Waals surface area contributed by atoms with Gasteiger partial charge in [0.25, 0.3) is 0 Å². The summed E-state index contributed by atoms with van der Waals surface area (Å²) in [5.41, 5.74) is 1.57. The van der Waals surface area contributed by atoms with Gasteiger partial charge in [-0.25, -0.2) is 16.8 Å². The van der Waals surface area contributed by atoms with Crippen molar-refractivity contribution in [2.24, 2.45) is 5.92 Å². The van der Waals surface area contributed by atoms with Crippen LogP contribution in [-0.4, -0.2) is 45.6 Å². The molecule has 1 fully saturated rings. The molecule has 10 heteroatoms. The first-order valence-corrected chi connectivity index (χ1v) is 15.3. The lowest BCUT2D eigenvalue weighted by Crippen LogP contribution is -2.39. The molecule has 0 unspecified atom stereocenters. The first kappa shape index (κ1) is 27.6. The molecule has 1 atom stereocenters. The lowest BCUT2D eigenvalue weighted by molar-refractivity contribution is 0.281. The molecule has 0 N–H and O–H groups in total. The molecule has 37 heavy (non-hydrogen) atoms. The number of rotatable bonds is 9. The maximum absolute atomic E-state index is 13.8. The van der Waals surface area contributed by atoms with Gasteiger partial charge >= 0.3 is 0 Å². The summed E-state index contributed by atoms with van der Waals surface area (Å²) in [6.07, 6.45) is 1.82. The Bertz CT molecular complexity index is 1410. The van der Waals surface area contributed by atoms with E-state index in [0.717, 1.165) is 24.0 Å². The molecule has 1 heterocycles. The number of nitrogens with zero attached hydrogens (tertiary/aromatic N) is 2. The van der Waals surface area contributed by atoms with Crippen molar-refractivity contribution in [3.63, 3.8) is 0 Å². The number of halogens is 1. The maximum Gasteiger partial charge on any atom is 0.243 e. The number of ether oxygens (including phenoxy) is 1.